The second-order valence-electron chi connectivity index (χ2n) is 7.68. The first-order valence-electron chi connectivity index (χ1n) is 9.16. The van der Waals surface area contributed by atoms with Crippen molar-refractivity contribution in [3.8, 4) is 0 Å². The molecule has 1 N–H and O–H groups in total. The molecule has 1 aliphatic carbocycles. The van der Waals surface area contributed by atoms with E-state index in [4.69, 9.17) is 0 Å². The molecule has 1 aromatic heterocycles. The highest BCUT2D eigenvalue weighted by molar-refractivity contribution is 5.73. The number of carboxylic acid groups (broad SMARTS) is 1. The van der Waals surface area contributed by atoms with Crippen LogP contribution in [-0.4, -0.2) is 38.3 Å². The van der Waals surface area contributed by atoms with Crippen LogP contribution in [0.15, 0.2) is 42.7 Å². The van der Waals surface area contributed by atoms with Gasteiger partial charge in [-0.15, -0.1) is 0 Å². The van der Waals surface area contributed by atoms with Crippen molar-refractivity contribution >= 4 is 5.97 Å². The summed E-state index contributed by atoms with van der Waals surface area (Å²) in [6.45, 7) is 2.33. The molecule has 1 saturated carbocycles. The van der Waals surface area contributed by atoms with Crippen LogP contribution < -0.4 is 0 Å². The molecule has 5 heteroatoms. The first-order valence-corrected chi connectivity index (χ1v) is 9.16. The van der Waals surface area contributed by atoms with Crippen LogP contribution in [0.25, 0.3) is 0 Å². The summed E-state index contributed by atoms with van der Waals surface area (Å²) in [5.41, 5.74) is 2.69. The first-order chi connectivity index (χ1) is 12.1. The predicted octanol–water partition coefficient (Wildman–Crippen LogP) is 3.15. The maximum Gasteiger partial charge on any atom is 0.320 e. The van der Waals surface area contributed by atoms with Gasteiger partial charge in [-0.05, 0) is 36.7 Å². The molecule has 5 nitrogen and oxygen atoms in total. The van der Waals surface area contributed by atoms with Gasteiger partial charge in [0.2, 0.25) is 0 Å². The van der Waals surface area contributed by atoms with E-state index in [1.807, 2.05) is 35.3 Å². The average molecular weight is 339 g/mol. The molecule has 1 spiro atoms. The molecule has 25 heavy (non-hydrogen) atoms. The smallest absolute Gasteiger partial charge is 0.320 e. The Morgan fingerprint density at radius 3 is 2.64 bits per heavy atom. The highest BCUT2D eigenvalue weighted by Crippen LogP contribution is 2.48. The standard InChI is InChI=1S/C20H25N3O2/c24-19(25)18-7-10-20(8-4-9-20)15-22(18)12-17-11-21-23(14-17)13-16-5-2-1-3-6-16/h1-3,5-6,11,14,18H,4,7-10,12-13,15H2,(H,24,25). The van der Waals surface area contributed by atoms with E-state index in [1.165, 1.54) is 24.8 Å². The van der Waals surface area contributed by atoms with Gasteiger partial charge in [0.25, 0.3) is 0 Å². The van der Waals surface area contributed by atoms with Gasteiger partial charge in [0.05, 0.1) is 12.7 Å². The number of carboxylic acids is 1. The average Bonchev–Trinajstić information content (AvgIpc) is 3.01. The molecule has 132 valence electrons. The molecule has 2 fully saturated rings. The molecule has 2 aromatic rings. The molecule has 1 saturated heterocycles. The third kappa shape index (κ3) is 3.47. The van der Waals surface area contributed by atoms with Crippen LogP contribution in [0.3, 0.4) is 0 Å². The van der Waals surface area contributed by atoms with Gasteiger partial charge in [-0.1, -0.05) is 36.8 Å². The molecule has 2 aliphatic rings. The van der Waals surface area contributed by atoms with Crippen LogP contribution in [-0.2, 0) is 17.9 Å². The summed E-state index contributed by atoms with van der Waals surface area (Å²) in [6.07, 6.45) is 9.56. The monoisotopic (exact) mass is 339 g/mol. The van der Waals surface area contributed by atoms with Crippen molar-refractivity contribution in [1.82, 2.24) is 14.7 Å². The van der Waals surface area contributed by atoms with E-state index >= 15 is 0 Å². The topological polar surface area (TPSA) is 58.4 Å². The summed E-state index contributed by atoms with van der Waals surface area (Å²) in [5, 5.41) is 14.0. The quantitative estimate of drug-likeness (QED) is 0.909. The second-order valence-corrected chi connectivity index (χ2v) is 7.68. The van der Waals surface area contributed by atoms with E-state index in [0.717, 1.165) is 31.5 Å². The van der Waals surface area contributed by atoms with E-state index in [9.17, 15) is 9.90 Å². The Bertz CT molecular complexity index is 736. The minimum absolute atomic E-state index is 0.358. The van der Waals surface area contributed by atoms with Crippen LogP contribution in [0.4, 0.5) is 0 Å². The lowest BCUT2D eigenvalue weighted by atomic mass is 9.63. The van der Waals surface area contributed by atoms with Crippen LogP contribution >= 0.6 is 0 Å². The number of hydrogen-bond donors (Lipinski definition) is 1. The van der Waals surface area contributed by atoms with Gasteiger partial charge >= 0.3 is 5.97 Å². The molecule has 1 atom stereocenters. The fraction of sp³-hybridized carbons (Fsp3) is 0.500. The van der Waals surface area contributed by atoms with E-state index < -0.39 is 5.97 Å². The maximum absolute atomic E-state index is 11.7. The number of aromatic nitrogens is 2. The van der Waals surface area contributed by atoms with E-state index in [1.54, 1.807) is 0 Å². The molecular weight excluding hydrogens is 314 g/mol. The predicted molar refractivity (Wildman–Crippen MR) is 95.1 cm³/mol. The van der Waals surface area contributed by atoms with Crippen molar-refractivity contribution in [2.45, 2.75) is 51.2 Å². The number of piperidine rings is 1. The van der Waals surface area contributed by atoms with Crippen molar-refractivity contribution in [1.29, 1.82) is 0 Å². The Morgan fingerprint density at radius 2 is 1.96 bits per heavy atom. The number of hydrogen-bond acceptors (Lipinski definition) is 3. The van der Waals surface area contributed by atoms with Crippen molar-refractivity contribution in [3.63, 3.8) is 0 Å². The summed E-state index contributed by atoms with van der Waals surface area (Å²) in [6, 6.07) is 9.89. The largest absolute Gasteiger partial charge is 0.480 e. The minimum Gasteiger partial charge on any atom is -0.480 e. The zero-order valence-electron chi connectivity index (χ0n) is 14.5. The Hall–Kier alpha value is -2.14. The summed E-state index contributed by atoms with van der Waals surface area (Å²) < 4.78 is 1.93. The van der Waals surface area contributed by atoms with Crippen LogP contribution in [0.1, 0.15) is 43.2 Å². The third-order valence-electron chi connectivity index (χ3n) is 5.89. The van der Waals surface area contributed by atoms with Crippen molar-refractivity contribution in [3.05, 3.63) is 53.9 Å². The molecule has 1 aliphatic heterocycles. The summed E-state index contributed by atoms with van der Waals surface area (Å²) >= 11 is 0. The fourth-order valence-corrected chi connectivity index (χ4v) is 4.36. The molecule has 0 amide bonds. The Balaban J connectivity index is 1.45. The molecule has 4 rings (SSSR count). The van der Waals surface area contributed by atoms with Gasteiger partial charge in [0.1, 0.15) is 6.04 Å². The van der Waals surface area contributed by atoms with Crippen LogP contribution in [0.5, 0.6) is 0 Å². The van der Waals surface area contributed by atoms with E-state index in [0.29, 0.717) is 12.0 Å². The fourth-order valence-electron chi connectivity index (χ4n) is 4.36. The molecule has 1 unspecified atom stereocenters. The molecule has 0 bridgehead atoms. The van der Waals surface area contributed by atoms with Crippen molar-refractivity contribution in [2.75, 3.05) is 6.54 Å². The number of benzene rings is 1. The van der Waals surface area contributed by atoms with Crippen molar-refractivity contribution in [2.24, 2.45) is 5.41 Å². The van der Waals surface area contributed by atoms with Crippen LogP contribution in [0, 0.1) is 5.41 Å². The lowest BCUT2D eigenvalue weighted by Crippen LogP contribution is -2.53. The first kappa shape index (κ1) is 16.3. The SMILES string of the molecule is O=C(O)C1CCC2(CCC2)CN1Cc1cnn(Cc2ccccc2)c1. The second kappa shape index (κ2) is 6.64. The molecular formula is C20H25N3O2. The lowest BCUT2D eigenvalue weighted by molar-refractivity contribution is -0.148. The molecule has 0 radical (unpaired) electrons. The number of likely N-dealkylation sites (tertiary alicyclic amines) is 1. The molecule has 2 heterocycles. The van der Waals surface area contributed by atoms with Gasteiger partial charge in [-0.2, -0.15) is 5.10 Å². The lowest BCUT2D eigenvalue weighted by Gasteiger charge is -2.51. The highest BCUT2D eigenvalue weighted by Gasteiger charge is 2.45. The summed E-state index contributed by atoms with van der Waals surface area (Å²) in [5.74, 6) is -0.689. The van der Waals surface area contributed by atoms with Gasteiger partial charge < -0.3 is 5.11 Å². The number of rotatable bonds is 5. The van der Waals surface area contributed by atoms with Crippen molar-refractivity contribution < 1.29 is 9.90 Å². The van der Waals surface area contributed by atoms with Gasteiger partial charge in [0.15, 0.2) is 0 Å². The Kier molecular flexibility index (Phi) is 4.34. The number of aliphatic carboxylic acids is 1. The van der Waals surface area contributed by atoms with Gasteiger partial charge in [0, 0.05) is 24.8 Å². The van der Waals surface area contributed by atoms with E-state index in [2.05, 4.69) is 22.1 Å². The normalized spacial score (nSPS) is 22.6. The van der Waals surface area contributed by atoms with Crippen LogP contribution in [0.2, 0.25) is 0 Å². The van der Waals surface area contributed by atoms with Gasteiger partial charge in [-0.25, -0.2) is 0 Å². The summed E-state index contributed by atoms with van der Waals surface area (Å²) in [7, 11) is 0. The molecule has 1 aromatic carbocycles. The number of nitrogens with zero attached hydrogens (tertiary/aromatic N) is 3. The number of carbonyl (C=O) groups is 1. The maximum atomic E-state index is 11.7. The Morgan fingerprint density at radius 1 is 1.16 bits per heavy atom. The highest BCUT2D eigenvalue weighted by atomic mass is 16.4. The zero-order valence-corrected chi connectivity index (χ0v) is 14.5. The zero-order chi connectivity index (χ0) is 17.3. The summed E-state index contributed by atoms with van der Waals surface area (Å²) in [4.78, 5) is 13.8. The Labute approximate surface area is 148 Å². The third-order valence-corrected chi connectivity index (χ3v) is 5.89. The van der Waals surface area contributed by atoms with E-state index in [-0.39, 0.29) is 6.04 Å². The van der Waals surface area contributed by atoms with Gasteiger partial charge in [-0.3, -0.25) is 14.4 Å². The minimum atomic E-state index is -0.689.